The topological polar surface area (TPSA) is 62.2 Å². The van der Waals surface area contributed by atoms with Gasteiger partial charge in [0.2, 0.25) is 5.88 Å². The number of rotatable bonds is 6. The first-order valence-corrected chi connectivity index (χ1v) is 7.15. The summed E-state index contributed by atoms with van der Waals surface area (Å²) in [6.07, 6.45) is 4.02. The van der Waals surface area contributed by atoms with Crippen molar-refractivity contribution in [3.63, 3.8) is 0 Å². The Morgan fingerprint density at radius 1 is 1.26 bits per heavy atom. The Bertz CT molecular complexity index is 681. The van der Waals surface area contributed by atoms with Crippen molar-refractivity contribution in [3.8, 4) is 5.88 Å². The van der Waals surface area contributed by atoms with Crippen molar-refractivity contribution in [1.82, 2.24) is 4.98 Å². The van der Waals surface area contributed by atoms with Crippen LogP contribution in [0.2, 0.25) is 0 Å². The fourth-order valence-electron chi connectivity index (χ4n) is 2.09. The van der Waals surface area contributed by atoms with Gasteiger partial charge in [-0.3, -0.25) is 0 Å². The maximum atomic E-state index is 10.7. The molecule has 1 aromatic heterocycles. The summed E-state index contributed by atoms with van der Waals surface area (Å²) in [5, 5.41) is 10.7. The maximum absolute atomic E-state index is 10.7. The van der Waals surface area contributed by atoms with Crippen LogP contribution in [0.15, 0.2) is 48.2 Å². The van der Waals surface area contributed by atoms with Crippen molar-refractivity contribution < 1.29 is 44.2 Å². The van der Waals surface area contributed by atoms with Crippen LogP contribution in [0.3, 0.4) is 0 Å². The minimum atomic E-state index is -1.15. The van der Waals surface area contributed by atoms with Crippen LogP contribution in [0.5, 0.6) is 5.88 Å². The first-order chi connectivity index (χ1) is 10.6. The van der Waals surface area contributed by atoms with E-state index in [0.717, 1.165) is 16.7 Å². The van der Waals surface area contributed by atoms with Gasteiger partial charge in [-0.05, 0) is 36.6 Å². The van der Waals surface area contributed by atoms with Gasteiger partial charge in [-0.15, -0.1) is 0 Å². The molecule has 0 amide bonds. The number of aliphatic carboxylic acids is 1. The third-order valence-corrected chi connectivity index (χ3v) is 3.21. The predicted octanol–water partition coefficient (Wildman–Crippen LogP) is -0.772. The molecule has 0 aliphatic carbocycles. The summed E-state index contributed by atoms with van der Waals surface area (Å²) in [6.45, 7) is 4.03. The molecule has 0 fully saturated rings. The van der Waals surface area contributed by atoms with E-state index in [2.05, 4.69) is 4.98 Å². The van der Waals surface area contributed by atoms with Gasteiger partial charge in [0.25, 0.3) is 0 Å². The average molecular weight is 319 g/mol. The fraction of sp³-hybridized carbons (Fsp3) is 0.222. The van der Waals surface area contributed by atoms with Gasteiger partial charge in [-0.2, -0.15) is 0 Å². The molecule has 4 nitrogen and oxygen atoms in total. The Morgan fingerprint density at radius 2 is 1.96 bits per heavy atom. The summed E-state index contributed by atoms with van der Waals surface area (Å²) >= 11 is 0. The molecule has 0 saturated heterocycles. The largest absolute Gasteiger partial charge is 1.00 e. The van der Waals surface area contributed by atoms with Gasteiger partial charge in [0.15, 0.2) is 0 Å². The zero-order chi connectivity index (χ0) is 15.9. The molecule has 2 aromatic rings. The van der Waals surface area contributed by atoms with Crippen molar-refractivity contribution in [2.75, 3.05) is 6.61 Å². The molecule has 0 radical (unpaired) electrons. The quantitative estimate of drug-likeness (QED) is 0.518. The third kappa shape index (κ3) is 5.82. The third-order valence-electron chi connectivity index (χ3n) is 3.21. The van der Waals surface area contributed by atoms with Gasteiger partial charge in [0, 0.05) is 18.2 Å². The number of carbonyl (C=O) groups is 1. The monoisotopic (exact) mass is 319 g/mol. The number of pyridine rings is 1. The SMILES string of the molecule is CCOc1ncccc1Cc1ccc(C=C(C)C(=O)[O-])cc1.[Na+]. The number of carbonyl (C=O) groups excluding carboxylic acids is 1. The van der Waals surface area contributed by atoms with Crippen LogP contribution < -0.4 is 39.4 Å². The molecule has 0 aliphatic rings. The number of nitrogens with zero attached hydrogens (tertiary/aromatic N) is 1. The molecule has 0 spiro atoms. The number of benzene rings is 1. The van der Waals surface area contributed by atoms with Gasteiger partial charge < -0.3 is 14.6 Å². The number of hydrogen-bond donors (Lipinski definition) is 0. The number of carboxylic acid groups (broad SMARTS) is 1. The zero-order valence-corrected chi connectivity index (χ0v) is 15.7. The Morgan fingerprint density at radius 3 is 2.57 bits per heavy atom. The van der Waals surface area contributed by atoms with Crippen LogP contribution in [0.4, 0.5) is 0 Å². The number of aromatic nitrogens is 1. The molecule has 5 heteroatoms. The van der Waals surface area contributed by atoms with Crippen molar-refractivity contribution in [2.24, 2.45) is 0 Å². The van der Waals surface area contributed by atoms with Crippen LogP contribution >= 0.6 is 0 Å². The van der Waals surface area contributed by atoms with Gasteiger partial charge in [0.05, 0.1) is 12.6 Å². The van der Waals surface area contributed by atoms with Crippen LogP contribution in [0.1, 0.15) is 30.5 Å². The first-order valence-electron chi connectivity index (χ1n) is 7.15. The second-order valence-electron chi connectivity index (χ2n) is 4.93. The Labute approximate surface area is 158 Å². The molecule has 114 valence electrons. The molecule has 0 atom stereocenters. The van der Waals surface area contributed by atoms with Crippen molar-refractivity contribution in [3.05, 3.63) is 64.9 Å². The van der Waals surface area contributed by atoms with E-state index < -0.39 is 5.97 Å². The van der Waals surface area contributed by atoms with Crippen molar-refractivity contribution >= 4 is 12.0 Å². The summed E-state index contributed by atoms with van der Waals surface area (Å²) in [5.41, 5.74) is 3.18. The van der Waals surface area contributed by atoms with Crippen LogP contribution in [-0.4, -0.2) is 17.6 Å². The Kier molecular flexibility index (Phi) is 8.03. The molecule has 0 bridgehead atoms. The second kappa shape index (κ2) is 9.50. The molecule has 0 aliphatic heterocycles. The number of ether oxygens (including phenoxy) is 1. The normalized spacial score (nSPS) is 10.8. The minimum Gasteiger partial charge on any atom is -0.545 e. The van der Waals surface area contributed by atoms with Crippen LogP contribution in [0.25, 0.3) is 6.08 Å². The van der Waals surface area contributed by atoms with Gasteiger partial charge in [-0.25, -0.2) is 4.98 Å². The summed E-state index contributed by atoms with van der Waals surface area (Å²) in [5.74, 6) is -0.498. The molecular weight excluding hydrogens is 301 g/mol. The van der Waals surface area contributed by atoms with E-state index in [9.17, 15) is 9.90 Å². The van der Waals surface area contributed by atoms with E-state index in [1.807, 2.05) is 43.3 Å². The Balaban J connectivity index is 0.00000264. The number of hydrogen-bond acceptors (Lipinski definition) is 4. The van der Waals surface area contributed by atoms with E-state index in [4.69, 9.17) is 4.74 Å². The molecule has 1 heterocycles. The number of carboxylic acids is 1. The maximum Gasteiger partial charge on any atom is 1.00 e. The summed E-state index contributed by atoms with van der Waals surface area (Å²) in [6, 6.07) is 11.6. The Hall–Kier alpha value is -1.62. The van der Waals surface area contributed by atoms with Crippen LogP contribution in [0, 0.1) is 0 Å². The van der Waals surface area contributed by atoms with E-state index in [0.29, 0.717) is 18.9 Å². The summed E-state index contributed by atoms with van der Waals surface area (Å²) in [4.78, 5) is 14.9. The average Bonchev–Trinajstić information content (AvgIpc) is 2.51. The van der Waals surface area contributed by atoms with Crippen molar-refractivity contribution in [1.29, 1.82) is 0 Å². The van der Waals surface area contributed by atoms with E-state index in [-0.39, 0.29) is 35.1 Å². The zero-order valence-electron chi connectivity index (χ0n) is 13.7. The van der Waals surface area contributed by atoms with Crippen LogP contribution in [-0.2, 0) is 11.2 Å². The van der Waals surface area contributed by atoms with Gasteiger partial charge in [-0.1, -0.05) is 36.4 Å². The summed E-state index contributed by atoms with van der Waals surface area (Å²) < 4.78 is 5.52. The molecule has 23 heavy (non-hydrogen) atoms. The van der Waals surface area contributed by atoms with Gasteiger partial charge in [0.1, 0.15) is 0 Å². The van der Waals surface area contributed by atoms with E-state index in [1.54, 1.807) is 12.3 Å². The minimum absolute atomic E-state index is 0. The molecule has 1 aromatic carbocycles. The molecule has 0 unspecified atom stereocenters. The second-order valence-corrected chi connectivity index (χ2v) is 4.93. The smallest absolute Gasteiger partial charge is 0.545 e. The first kappa shape index (κ1) is 19.4. The van der Waals surface area contributed by atoms with Gasteiger partial charge >= 0.3 is 29.6 Å². The molecule has 0 saturated carbocycles. The predicted molar refractivity (Wildman–Crippen MR) is 83.3 cm³/mol. The summed E-state index contributed by atoms with van der Waals surface area (Å²) in [7, 11) is 0. The molecule has 0 N–H and O–H groups in total. The molecule has 2 rings (SSSR count). The fourth-order valence-corrected chi connectivity index (χ4v) is 2.09. The molecular formula is C18H18NNaO3. The standard InChI is InChI=1S/C18H19NO3.Na/c1-3-22-17-16(5-4-10-19-17)12-15-8-6-14(7-9-15)11-13(2)18(20)21;/h4-11H,3,12H2,1-2H3,(H,20,21);/q;+1/p-1. The van der Waals surface area contributed by atoms with Crippen molar-refractivity contribution in [2.45, 2.75) is 20.3 Å². The van der Waals surface area contributed by atoms with E-state index >= 15 is 0 Å². The van der Waals surface area contributed by atoms with E-state index in [1.165, 1.54) is 6.92 Å².